The lowest BCUT2D eigenvalue weighted by atomic mass is 9.82. The van der Waals surface area contributed by atoms with Gasteiger partial charge >= 0.3 is 0 Å². The first-order chi connectivity index (χ1) is 20.2. The first kappa shape index (κ1) is 23.6. The Balaban J connectivity index is 1.47. The third kappa shape index (κ3) is 3.40. The van der Waals surface area contributed by atoms with Crippen molar-refractivity contribution >= 4 is 49.6 Å². The quantitative estimate of drug-likeness (QED) is 0.226. The van der Waals surface area contributed by atoms with E-state index in [9.17, 15) is 0 Å². The van der Waals surface area contributed by atoms with E-state index in [4.69, 9.17) is 18.6 Å². The van der Waals surface area contributed by atoms with E-state index in [0.717, 1.165) is 72.0 Å². The summed E-state index contributed by atoms with van der Waals surface area (Å²) in [6.45, 7) is 0. The summed E-state index contributed by atoms with van der Waals surface area (Å²) in [7, 11) is 3.36. The molecule has 8 rings (SSSR count). The topological polar surface area (TPSA) is 40.8 Å². The molecule has 0 saturated carbocycles. The van der Waals surface area contributed by atoms with Crippen molar-refractivity contribution in [3.8, 4) is 17.2 Å². The van der Waals surface area contributed by atoms with Gasteiger partial charge in [-0.3, -0.25) is 0 Å². The summed E-state index contributed by atoms with van der Waals surface area (Å²) in [6, 6.07) is 37.2. The van der Waals surface area contributed by atoms with Crippen molar-refractivity contribution in [2.24, 2.45) is 0 Å². The predicted molar refractivity (Wildman–Crippen MR) is 165 cm³/mol. The van der Waals surface area contributed by atoms with E-state index in [0.29, 0.717) is 0 Å². The van der Waals surface area contributed by atoms with Gasteiger partial charge in [0.25, 0.3) is 0 Å². The van der Waals surface area contributed by atoms with Gasteiger partial charge in [0.05, 0.1) is 14.2 Å². The summed E-state index contributed by atoms with van der Waals surface area (Å²) in [6.07, 6.45) is 4.37. The van der Waals surface area contributed by atoms with Crippen LogP contribution >= 0.6 is 0 Å². The second-order valence-corrected chi connectivity index (χ2v) is 10.4. The van der Waals surface area contributed by atoms with Crippen molar-refractivity contribution in [3.05, 3.63) is 132 Å². The van der Waals surface area contributed by atoms with Crippen molar-refractivity contribution < 1.29 is 18.6 Å². The number of rotatable bonds is 4. The normalized spacial score (nSPS) is 13.9. The minimum atomic E-state index is -0.871. The highest BCUT2D eigenvalue weighted by atomic mass is 16.5. The lowest BCUT2D eigenvalue weighted by Gasteiger charge is -2.37. The van der Waals surface area contributed by atoms with Gasteiger partial charge in [-0.1, -0.05) is 78.9 Å². The van der Waals surface area contributed by atoms with Gasteiger partial charge in [0.1, 0.15) is 28.4 Å². The Morgan fingerprint density at radius 3 is 1.85 bits per heavy atom. The summed E-state index contributed by atoms with van der Waals surface area (Å²) in [5.41, 5.74) is 3.89. The summed E-state index contributed by atoms with van der Waals surface area (Å²) < 4.78 is 24.8. The van der Waals surface area contributed by atoms with E-state index >= 15 is 0 Å². The molecule has 2 heterocycles. The van der Waals surface area contributed by atoms with E-state index in [1.54, 1.807) is 14.2 Å². The van der Waals surface area contributed by atoms with Gasteiger partial charge in [0.2, 0.25) is 0 Å². The molecule has 6 aromatic carbocycles. The fourth-order valence-electron chi connectivity index (χ4n) is 6.27. The maximum absolute atomic E-state index is 7.28. The van der Waals surface area contributed by atoms with Crippen LogP contribution in [-0.4, -0.2) is 14.2 Å². The zero-order chi connectivity index (χ0) is 27.6. The highest BCUT2D eigenvalue weighted by Crippen LogP contribution is 2.51. The molecule has 4 heteroatoms. The van der Waals surface area contributed by atoms with Crippen molar-refractivity contribution in [2.75, 3.05) is 14.2 Å². The number of hydrogen-bond donors (Lipinski definition) is 0. The van der Waals surface area contributed by atoms with Gasteiger partial charge in [0, 0.05) is 38.2 Å². The Morgan fingerprint density at radius 1 is 0.585 bits per heavy atom. The molecule has 0 spiro atoms. The van der Waals surface area contributed by atoms with E-state index in [1.165, 1.54) is 5.39 Å². The van der Waals surface area contributed by atoms with Crippen LogP contribution in [0.3, 0.4) is 0 Å². The third-order valence-electron chi connectivity index (χ3n) is 8.30. The molecule has 0 bridgehead atoms. The molecule has 0 radical (unpaired) electrons. The molecular weight excluding hydrogens is 508 g/mol. The van der Waals surface area contributed by atoms with Gasteiger partial charge < -0.3 is 18.6 Å². The van der Waals surface area contributed by atoms with E-state index in [2.05, 4.69) is 97.1 Å². The molecule has 41 heavy (non-hydrogen) atoms. The van der Waals surface area contributed by atoms with Gasteiger partial charge in [-0.05, 0) is 53.3 Å². The van der Waals surface area contributed by atoms with Crippen LogP contribution in [0.5, 0.6) is 17.2 Å². The molecule has 0 atom stereocenters. The third-order valence-corrected chi connectivity index (χ3v) is 8.30. The molecular formula is C37H26O4. The largest absolute Gasteiger partial charge is 0.497 e. The molecule has 198 valence electrons. The number of methoxy groups -OCH3 is 2. The minimum Gasteiger partial charge on any atom is -0.497 e. The highest BCUT2D eigenvalue weighted by Gasteiger charge is 2.39. The maximum atomic E-state index is 7.28. The average molecular weight is 535 g/mol. The first-order valence-electron chi connectivity index (χ1n) is 13.7. The van der Waals surface area contributed by atoms with Crippen LogP contribution in [0.2, 0.25) is 0 Å². The van der Waals surface area contributed by atoms with Crippen LogP contribution in [0.15, 0.2) is 120 Å². The zero-order valence-corrected chi connectivity index (χ0v) is 22.7. The maximum Gasteiger partial charge on any atom is 0.178 e. The van der Waals surface area contributed by atoms with Gasteiger partial charge in [-0.2, -0.15) is 0 Å². The Bertz CT molecular complexity index is 2090. The molecule has 4 nitrogen and oxygen atoms in total. The SMILES string of the molecule is COc1ccc(C2(c3ccc(OC)cc3)C=Cc3c(c4ccccc4c4oc5ccc6ccccc6c5c34)O2)cc1. The lowest BCUT2D eigenvalue weighted by molar-refractivity contribution is 0.164. The average Bonchev–Trinajstić information content (AvgIpc) is 3.45. The van der Waals surface area contributed by atoms with Crippen molar-refractivity contribution in [3.63, 3.8) is 0 Å². The van der Waals surface area contributed by atoms with Gasteiger partial charge in [-0.25, -0.2) is 0 Å². The molecule has 0 aliphatic carbocycles. The standard InChI is InChI=1S/C37H26O4/c1-38-26-16-12-24(13-17-26)37(25-14-18-27(39-2)19-15-25)22-21-31-34-33-28-8-4-3-7-23(28)11-20-32(33)40-36(34)30-10-6-5-9-29(30)35(31)41-37/h3-22H,1-2H3. The van der Waals surface area contributed by atoms with E-state index < -0.39 is 5.60 Å². The smallest absolute Gasteiger partial charge is 0.178 e. The van der Waals surface area contributed by atoms with Crippen LogP contribution in [0.1, 0.15) is 16.7 Å². The number of hydrogen-bond acceptors (Lipinski definition) is 4. The highest BCUT2D eigenvalue weighted by molar-refractivity contribution is 6.27. The second-order valence-electron chi connectivity index (χ2n) is 10.4. The van der Waals surface area contributed by atoms with Crippen LogP contribution in [0.4, 0.5) is 0 Å². The van der Waals surface area contributed by atoms with Crippen molar-refractivity contribution in [1.82, 2.24) is 0 Å². The lowest BCUT2D eigenvalue weighted by Crippen LogP contribution is -2.34. The van der Waals surface area contributed by atoms with Crippen LogP contribution < -0.4 is 14.2 Å². The van der Waals surface area contributed by atoms with E-state index in [1.807, 2.05) is 24.3 Å². The van der Waals surface area contributed by atoms with Crippen molar-refractivity contribution in [2.45, 2.75) is 5.60 Å². The fourth-order valence-corrected chi connectivity index (χ4v) is 6.27. The molecule has 1 aliphatic rings. The molecule has 1 aromatic heterocycles. The number of furan rings is 1. The Kier molecular flexibility index (Phi) is 5.13. The molecule has 0 amide bonds. The summed E-state index contributed by atoms with van der Waals surface area (Å²) >= 11 is 0. The van der Waals surface area contributed by atoms with Gasteiger partial charge in [-0.15, -0.1) is 0 Å². The second kappa shape index (κ2) is 8.90. The molecule has 7 aromatic rings. The molecule has 0 unspecified atom stereocenters. The molecule has 0 N–H and O–H groups in total. The minimum absolute atomic E-state index is 0.794. The Morgan fingerprint density at radius 2 is 1.20 bits per heavy atom. The first-order valence-corrected chi connectivity index (χ1v) is 13.7. The van der Waals surface area contributed by atoms with Crippen molar-refractivity contribution in [1.29, 1.82) is 0 Å². The Hall–Kier alpha value is -5.22. The summed E-state index contributed by atoms with van der Waals surface area (Å²) in [4.78, 5) is 0. The Labute approximate surface area is 237 Å². The summed E-state index contributed by atoms with van der Waals surface area (Å²) in [5, 5.41) is 6.55. The van der Waals surface area contributed by atoms with Crippen LogP contribution in [0, 0.1) is 0 Å². The number of ether oxygens (including phenoxy) is 3. The van der Waals surface area contributed by atoms with E-state index in [-0.39, 0.29) is 0 Å². The zero-order valence-electron chi connectivity index (χ0n) is 22.7. The van der Waals surface area contributed by atoms with Crippen LogP contribution in [-0.2, 0) is 5.60 Å². The predicted octanol–water partition coefficient (Wildman–Crippen LogP) is 9.26. The molecule has 0 saturated heterocycles. The van der Waals surface area contributed by atoms with Crippen LogP contribution in [0.25, 0.3) is 49.6 Å². The number of benzene rings is 6. The number of fused-ring (bicyclic) bond motifs is 10. The molecule has 1 aliphatic heterocycles. The summed E-state index contributed by atoms with van der Waals surface area (Å²) in [5.74, 6) is 2.42. The monoisotopic (exact) mass is 534 g/mol. The fraction of sp³-hybridized carbons (Fsp3) is 0.0811. The van der Waals surface area contributed by atoms with Gasteiger partial charge in [0.15, 0.2) is 5.60 Å². The molecule has 0 fully saturated rings.